The first-order valence-electron chi connectivity index (χ1n) is 4.02. The van der Waals surface area contributed by atoms with Crippen molar-refractivity contribution >= 4 is 21.7 Å². The minimum Gasteiger partial charge on any atom is -0.504 e. The van der Waals surface area contributed by atoms with Crippen LogP contribution in [0.25, 0.3) is 0 Å². The summed E-state index contributed by atoms with van der Waals surface area (Å²) in [5, 5.41) is 9.04. The molecular formula is C9H6BrF3O3. The van der Waals surface area contributed by atoms with Gasteiger partial charge in [0, 0.05) is 0 Å². The van der Waals surface area contributed by atoms with Crippen LogP contribution in [0.3, 0.4) is 0 Å². The number of hydrogen-bond donors (Lipinski definition) is 1. The Balaban J connectivity index is 3.19. The van der Waals surface area contributed by atoms with Gasteiger partial charge in [0.1, 0.15) is 0 Å². The molecule has 0 heterocycles. The van der Waals surface area contributed by atoms with E-state index in [1.807, 2.05) is 0 Å². The van der Waals surface area contributed by atoms with Crippen LogP contribution in [-0.2, 0) is 0 Å². The SMILES string of the molecule is O=C(CBr)c1cccc(O)c1OC(F)(F)F. The molecule has 0 atom stereocenters. The van der Waals surface area contributed by atoms with Crippen molar-refractivity contribution in [1.82, 2.24) is 0 Å². The number of carbonyl (C=O) groups excluding carboxylic acids is 1. The highest BCUT2D eigenvalue weighted by molar-refractivity contribution is 9.09. The molecule has 0 aliphatic rings. The first kappa shape index (κ1) is 12.8. The van der Waals surface area contributed by atoms with Crippen molar-refractivity contribution in [3.8, 4) is 11.5 Å². The van der Waals surface area contributed by atoms with E-state index in [0.29, 0.717) is 0 Å². The number of aromatic hydroxyl groups is 1. The van der Waals surface area contributed by atoms with E-state index in [-0.39, 0.29) is 10.9 Å². The molecule has 88 valence electrons. The van der Waals surface area contributed by atoms with Gasteiger partial charge in [0.05, 0.1) is 10.9 Å². The Bertz CT molecular complexity index is 403. The van der Waals surface area contributed by atoms with Gasteiger partial charge in [0.15, 0.2) is 17.3 Å². The third-order valence-corrected chi connectivity index (χ3v) is 2.14. The number of phenolic OH excluding ortho intramolecular Hbond substituents is 1. The zero-order valence-corrected chi connectivity index (χ0v) is 9.30. The lowest BCUT2D eigenvalue weighted by atomic mass is 10.1. The molecule has 1 N–H and O–H groups in total. The predicted molar refractivity (Wildman–Crippen MR) is 52.9 cm³/mol. The van der Waals surface area contributed by atoms with Crippen LogP contribution >= 0.6 is 15.9 Å². The molecule has 0 saturated carbocycles. The van der Waals surface area contributed by atoms with Gasteiger partial charge in [-0.15, -0.1) is 13.2 Å². The number of para-hydroxylation sites is 1. The van der Waals surface area contributed by atoms with Gasteiger partial charge < -0.3 is 9.84 Å². The van der Waals surface area contributed by atoms with Crippen LogP contribution in [0.15, 0.2) is 18.2 Å². The molecular weight excluding hydrogens is 293 g/mol. The number of carbonyl (C=O) groups is 1. The fourth-order valence-electron chi connectivity index (χ4n) is 1.04. The Morgan fingerprint density at radius 2 is 2.06 bits per heavy atom. The molecule has 3 nitrogen and oxygen atoms in total. The summed E-state index contributed by atoms with van der Waals surface area (Å²) in [6, 6.07) is 3.41. The van der Waals surface area contributed by atoms with E-state index in [2.05, 4.69) is 20.7 Å². The summed E-state index contributed by atoms with van der Waals surface area (Å²) in [6.07, 6.45) is -4.96. The van der Waals surface area contributed by atoms with E-state index in [4.69, 9.17) is 0 Å². The normalized spacial score (nSPS) is 11.2. The van der Waals surface area contributed by atoms with Crippen LogP contribution in [0.5, 0.6) is 11.5 Å². The first-order chi connectivity index (χ1) is 7.35. The third kappa shape index (κ3) is 3.13. The summed E-state index contributed by atoms with van der Waals surface area (Å²) >= 11 is 2.82. The smallest absolute Gasteiger partial charge is 0.504 e. The number of halogens is 4. The summed E-state index contributed by atoms with van der Waals surface area (Å²) in [6.45, 7) is 0. The lowest BCUT2D eigenvalue weighted by Crippen LogP contribution is -2.19. The molecule has 7 heteroatoms. The van der Waals surface area contributed by atoms with Crippen molar-refractivity contribution in [2.24, 2.45) is 0 Å². The van der Waals surface area contributed by atoms with Crippen molar-refractivity contribution in [3.63, 3.8) is 0 Å². The number of alkyl halides is 4. The highest BCUT2D eigenvalue weighted by Gasteiger charge is 2.34. The van der Waals surface area contributed by atoms with E-state index in [9.17, 15) is 23.1 Å². The largest absolute Gasteiger partial charge is 0.573 e. The van der Waals surface area contributed by atoms with Gasteiger partial charge in [0.2, 0.25) is 0 Å². The maximum absolute atomic E-state index is 12.0. The van der Waals surface area contributed by atoms with Gasteiger partial charge in [0.25, 0.3) is 0 Å². The topological polar surface area (TPSA) is 46.5 Å². The number of phenols is 1. The van der Waals surface area contributed by atoms with E-state index >= 15 is 0 Å². The molecule has 0 aliphatic carbocycles. The molecule has 1 aromatic carbocycles. The standard InChI is InChI=1S/C9H6BrF3O3/c10-4-7(15)5-2-1-3-6(14)8(5)16-9(11,12)13/h1-3,14H,4H2. The maximum atomic E-state index is 12.0. The lowest BCUT2D eigenvalue weighted by Gasteiger charge is -2.13. The number of Topliss-reactive ketones (excluding diaryl/α,β-unsaturated/α-hetero) is 1. The summed E-state index contributed by atoms with van der Waals surface area (Å²) in [5.74, 6) is -2.22. The fraction of sp³-hybridized carbons (Fsp3) is 0.222. The molecule has 0 spiro atoms. The average Bonchev–Trinajstić information content (AvgIpc) is 2.18. The van der Waals surface area contributed by atoms with Gasteiger partial charge in [-0.2, -0.15) is 0 Å². The molecule has 16 heavy (non-hydrogen) atoms. The Kier molecular flexibility index (Phi) is 3.79. The maximum Gasteiger partial charge on any atom is 0.573 e. The average molecular weight is 299 g/mol. The fourth-order valence-corrected chi connectivity index (χ4v) is 1.34. The van der Waals surface area contributed by atoms with Crippen LogP contribution < -0.4 is 4.74 Å². The second-order valence-electron chi connectivity index (χ2n) is 2.76. The van der Waals surface area contributed by atoms with Crippen molar-refractivity contribution in [2.45, 2.75) is 6.36 Å². The molecule has 0 aliphatic heterocycles. The zero-order chi connectivity index (χ0) is 12.3. The summed E-state index contributed by atoms with van der Waals surface area (Å²) in [7, 11) is 0. The Hall–Kier alpha value is -1.24. The van der Waals surface area contributed by atoms with Gasteiger partial charge in [-0.05, 0) is 12.1 Å². The molecule has 0 unspecified atom stereocenters. The highest BCUT2D eigenvalue weighted by atomic mass is 79.9. The first-order valence-corrected chi connectivity index (χ1v) is 5.14. The van der Waals surface area contributed by atoms with E-state index in [1.165, 1.54) is 6.07 Å². The van der Waals surface area contributed by atoms with Crippen molar-refractivity contribution in [2.75, 3.05) is 5.33 Å². The minimum absolute atomic E-state index is 0.162. The zero-order valence-electron chi connectivity index (χ0n) is 7.71. The molecule has 0 fully saturated rings. The van der Waals surface area contributed by atoms with E-state index in [0.717, 1.165) is 12.1 Å². The van der Waals surface area contributed by atoms with E-state index in [1.54, 1.807) is 0 Å². The van der Waals surface area contributed by atoms with Crippen LogP contribution in [-0.4, -0.2) is 22.6 Å². The summed E-state index contributed by atoms with van der Waals surface area (Å²) in [5.41, 5.74) is -0.325. The van der Waals surface area contributed by atoms with Gasteiger partial charge >= 0.3 is 6.36 Å². The predicted octanol–water partition coefficient (Wildman–Crippen LogP) is 2.87. The molecule has 1 aromatic rings. The molecule has 0 saturated heterocycles. The summed E-state index contributed by atoms with van der Waals surface area (Å²) < 4.78 is 39.6. The van der Waals surface area contributed by atoms with Crippen molar-refractivity contribution in [3.05, 3.63) is 23.8 Å². The van der Waals surface area contributed by atoms with Crippen LogP contribution in [0.4, 0.5) is 13.2 Å². The van der Waals surface area contributed by atoms with E-state index < -0.39 is 23.6 Å². The molecule has 0 bridgehead atoms. The second kappa shape index (κ2) is 4.73. The van der Waals surface area contributed by atoms with Crippen molar-refractivity contribution < 1.29 is 27.8 Å². The highest BCUT2D eigenvalue weighted by Crippen LogP contribution is 2.34. The number of hydrogen-bond acceptors (Lipinski definition) is 3. The quantitative estimate of drug-likeness (QED) is 0.689. The number of ketones is 1. The Labute approximate surface area is 97.0 Å². The van der Waals surface area contributed by atoms with Gasteiger partial charge in [-0.3, -0.25) is 4.79 Å². The van der Waals surface area contributed by atoms with Gasteiger partial charge in [-0.25, -0.2) is 0 Å². The van der Waals surface area contributed by atoms with Crippen LogP contribution in [0, 0.1) is 0 Å². The molecule has 0 radical (unpaired) electrons. The number of rotatable bonds is 3. The molecule has 0 amide bonds. The lowest BCUT2D eigenvalue weighted by molar-refractivity contribution is -0.275. The van der Waals surface area contributed by atoms with Crippen LogP contribution in [0.2, 0.25) is 0 Å². The van der Waals surface area contributed by atoms with Crippen molar-refractivity contribution in [1.29, 1.82) is 0 Å². The Morgan fingerprint density at radius 1 is 1.44 bits per heavy atom. The molecule has 0 aromatic heterocycles. The second-order valence-corrected chi connectivity index (χ2v) is 3.32. The number of benzene rings is 1. The summed E-state index contributed by atoms with van der Waals surface area (Å²) in [4.78, 5) is 11.3. The Morgan fingerprint density at radius 3 is 2.56 bits per heavy atom. The minimum atomic E-state index is -4.96. The van der Waals surface area contributed by atoms with Crippen LogP contribution in [0.1, 0.15) is 10.4 Å². The third-order valence-electron chi connectivity index (χ3n) is 1.63. The molecule has 1 rings (SSSR count). The number of ether oxygens (including phenoxy) is 1. The van der Waals surface area contributed by atoms with Gasteiger partial charge in [-0.1, -0.05) is 22.0 Å². The monoisotopic (exact) mass is 298 g/mol.